The maximum atomic E-state index is 11.3. The van der Waals surface area contributed by atoms with Gasteiger partial charge in [-0.3, -0.25) is 10.8 Å². The number of carbonyl (C=O) groups is 1. The molecule has 0 aromatic heterocycles. The van der Waals surface area contributed by atoms with Crippen LogP contribution < -0.4 is 21.8 Å². The summed E-state index contributed by atoms with van der Waals surface area (Å²) >= 11 is 0. The number of nitrogens with zero attached hydrogens (tertiary/aromatic N) is 2. The molecule has 8 heteroatoms. The van der Waals surface area contributed by atoms with Crippen LogP contribution in [0.3, 0.4) is 0 Å². The third-order valence-electron chi connectivity index (χ3n) is 2.48. The van der Waals surface area contributed by atoms with Crippen LogP contribution in [0.2, 0.25) is 0 Å². The molecule has 1 aromatic rings. The highest BCUT2D eigenvalue weighted by Gasteiger charge is 2.16. The number of benzene rings is 1. The molecular weight excluding hydrogens is 246 g/mol. The Morgan fingerprint density at radius 3 is 3.05 bits per heavy atom. The monoisotopic (exact) mass is 257 g/mol. The molecule has 0 bridgehead atoms. The van der Waals surface area contributed by atoms with Crippen molar-refractivity contribution in [3.63, 3.8) is 0 Å². The van der Waals surface area contributed by atoms with Gasteiger partial charge >= 0.3 is 6.03 Å². The molecule has 2 amide bonds. The first-order valence-electron chi connectivity index (χ1n) is 5.36. The molecule has 0 radical (unpaired) electrons. The number of nitrogens with two attached hydrogens (primary N) is 1. The molecule has 1 aliphatic heterocycles. The molecule has 2 rings (SSSR count). The maximum absolute atomic E-state index is 11.3. The molecule has 1 aromatic carbocycles. The molecule has 0 unspecified atom stereocenters. The van der Waals surface area contributed by atoms with Gasteiger partial charge in [0.1, 0.15) is 6.07 Å². The summed E-state index contributed by atoms with van der Waals surface area (Å²) in [6.45, 7) is 0.415. The average molecular weight is 257 g/mol. The van der Waals surface area contributed by atoms with E-state index in [2.05, 4.69) is 21.2 Å². The van der Waals surface area contributed by atoms with Crippen LogP contribution >= 0.6 is 0 Å². The van der Waals surface area contributed by atoms with E-state index in [1.807, 2.05) is 6.07 Å². The van der Waals surface area contributed by atoms with E-state index < -0.39 is 5.84 Å². The van der Waals surface area contributed by atoms with Crippen LogP contribution in [0.25, 0.3) is 0 Å². The third-order valence-corrected chi connectivity index (χ3v) is 2.48. The Hall–Kier alpha value is -3.08. The van der Waals surface area contributed by atoms with Crippen molar-refractivity contribution in [3.05, 3.63) is 23.8 Å². The van der Waals surface area contributed by atoms with Crippen molar-refractivity contribution in [2.75, 3.05) is 10.7 Å². The molecule has 0 fully saturated rings. The van der Waals surface area contributed by atoms with Crippen molar-refractivity contribution in [1.82, 2.24) is 5.32 Å². The standard InChI is InChI=1S/C11H11N7O/c12-4-8(10(13)14)18-17-7-3-1-2-6-5-15-11(19)16-9(6)7/h1-3,17H,5H2,(H3,13,14)(H2,15,16,19)/b18-8+. The highest BCUT2D eigenvalue weighted by atomic mass is 16.2. The lowest BCUT2D eigenvalue weighted by Gasteiger charge is -2.20. The zero-order valence-corrected chi connectivity index (χ0v) is 9.82. The lowest BCUT2D eigenvalue weighted by molar-refractivity contribution is 0.251. The zero-order chi connectivity index (χ0) is 13.8. The number of para-hydroxylation sites is 1. The fraction of sp³-hybridized carbons (Fsp3) is 0.0909. The van der Waals surface area contributed by atoms with Gasteiger partial charge in [-0.1, -0.05) is 12.1 Å². The van der Waals surface area contributed by atoms with Gasteiger partial charge in [0.05, 0.1) is 11.4 Å². The van der Waals surface area contributed by atoms with E-state index in [0.717, 1.165) is 5.56 Å². The normalized spacial score (nSPS) is 13.6. The highest BCUT2D eigenvalue weighted by molar-refractivity contribution is 6.45. The third kappa shape index (κ3) is 2.61. The fourth-order valence-corrected chi connectivity index (χ4v) is 1.58. The van der Waals surface area contributed by atoms with Crippen LogP contribution in [0.1, 0.15) is 5.56 Å². The van der Waals surface area contributed by atoms with Crippen LogP contribution in [-0.4, -0.2) is 17.6 Å². The van der Waals surface area contributed by atoms with Gasteiger partial charge in [-0.05, 0) is 11.6 Å². The molecule has 1 heterocycles. The molecule has 19 heavy (non-hydrogen) atoms. The van der Waals surface area contributed by atoms with Gasteiger partial charge in [0, 0.05) is 6.54 Å². The molecule has 0 saturated heterocycles. The quantitative estimate of drug-likeness (QED) is 0.306. The van der Waals surface area contributed by atoms with Crippen LogP contribution in [0, 0.1) is 16.7 Å². The van der Waals surface area contributed by atoms with Crippen molar-refractivity contribution in [1.29, 1.82) is 10.7 Å². The lowest BCUT2D eigenvalue weighted by atomic mass is 10.1. The van der Waals surface area contributed by atoms with Gasteiger partial charge in [-0.15, -0.1) is 0 Å². The van der Waals surface area contributed by atoms with E-state index in [0.29, 0.717) is 17.9 Å². The first kappa shape index (κ1) is 12.4. The molecule has 1 aliphatic rings. The summed E-state index contributed by atoms with van der Waals surface area (Å²) in [5.74, 6) is -0.425. The van der Waals surface area contributed by atoms with Gasteiger partial charge in [0.2, 0.25) is 5.71 Å². The number of amides is 2. The van der Waals surface area contributed by atoms with Crippen LogP contribution in [0.15, 0.2) is 23.3 Å². The van der Waals surface area contributed by atoms with Crippen molar-refractivity contribution in [3.8, 4) is 6.07 Å². The first-order chi connectivity index (χ1) is 9.11. The smallest absolute Gasteiger partial charge is 0.319 e. The Labute approximate surface area is 108 Å². The SMILES string of the molecule is N#C/C(=N\Nc1cccc2c1NC(=O)NC2)C(=N)N. The Morgan fingerprint density at radius 1 is 1.58 bits per heavy atom. The minimum absolute atomic E-state index is 0.224. The minimum atomic E-state index is -0.425. The number of hydrogen-bond donors (Lipinski definition) is 5. The minimum Gasteiger partial charge on any atom is -0.382 e. The average Bonchev–Trinajstić information content (AvgIpc) is 2.39. The molecule has 8 nitrogen and oxygen atoms in total. The van der Waals surface area contributed by atoms with E-state index in [4.69, 9.17) is 16.4 Å². The second kappa shape index (κ2) is 5.05. The molecular formula is C11H11N7O. The summed E-state index contributed by atoms with van der Waals surface area (Å²) in [6, 6.07) is 6.73. The van der Waals surface area contributed by atoms with Crippen molar-refractivity contribution < 1.29 is 4.79 Å². The summed E-state index contributed by atoms with van der Waals surface area (Å²) in [5.41, 5.74) is 9.60. The first-order valence-corrected chi connectivity index (χ1v) is 5.36. The van der Waals surface area contributed by atoms with Crippen molar-refractivity contribution >= 4 is 29.0 Å². The van der Waals surface area contributed by atoms with Gasteiger partial charge in [-0.25, -0.2) is 4.79 Å². The van der Waals surface area contributed by atoms with Gasteiger partial charge < -0.3 is 16.4 Å². The van der Waals surface area contributed by atoms with E-state index in [1.54, 1.807) is 18.2 Å². The predicted octanol–water partition coefficient (Wildman–Crippen LogP) is 0.549. The number of carbonyl (C=O) groups excluding carboxylic acids is 1. The van der Waals surface area contributed by atoms with Crippen molar-refractivity contribution in [2.45, 2.75) is 6.54 Å². The number of nitriles is 1. The van der Waals surface area contributed by atoms with Crippen LogP contribution in [0.5, 0.6) is 0 Å². The number of rotatable bonds is 3. The summed E-state index contributed by atoms with van der Waals surface area (Å²) < 4.78 is 0. The number of nitrogens with one attached hydrogen (secondary N) is 4. The van der Waals surface area contributed by atoms with Crippen molar-refractivity contribution in [2.24, 2.45) is 10.8 Å². The topological polar surface area (TPSA) is 139 Å². The summed E-state index contributed by atoms with van der Waals surface area (Å²) in [7, 11) is 0. The molecule has 0 atom stereocenters. The van der Waals surface area contributed by atoms with Crippen LogP contribution in [-0.2, 0) is 6.54 Å². The number of hydrogen-bond acceptors (Lipinski definition) is 5. The second-order valence-electron chi connectivity index (χ2n) is 3.75. The fourth-order valence-electron chi connectivity index (χ4n) is 1.58. The summed E-state index contributed by atoms with van der Waals surface area (Å²) in [5, 5.41) is 24.9. The van der Waals surface area contributed by atoms with E-state index in [-0.39, 0.29) is 11.7 Å². The van der Waals surface area contributed by atoms with Crippen LogP contribution in [0.4, 0.5) is 16.2 Å². The van der Waals surface area contributed by atoms with E-state index >= 15 is 0 Å². The molecule has 6 N–H and O–H groups in total. The largest absolute Gasteiger partial charge is 0.382 e. The number of hydrazone groups is 1. The Kier molecular flexibility index (Phi) is 3.29. The van der Waals surface area contributed by atoms with Gasteiger partial charge in [0.15, 0.2) is 5.84 Å². The van der Waals surface area contributed by atoms with E-state index in [9.17, 15) is 4.79 Å². The lowest BCUT2D eigenvalue weighted by Crippen LogP contribution is -2.33. The molecule has 0 spiro atoms. The zero-order valence-electron chi connectivity index (χ0n) is 9.82. The Morgan fingerprint density at radius 2 is 2.37 bits per heavy atom. The number of urea groups is 1. The maximum Gasteiger partial charge on any atom is 0.319 e. The summed E-state index contributed by atoms with van der Waals surface area (Å²) in [6.07, 6.45) is 0. The number of amidine groups is 1. The predicted molar refractivity (Wildman–Crippen MR) is 70.9 cm³/mol. The van der Waals surface area contributed by atoms with Gasteiger partial charge in [-0.2, -0.15) is 10.4 Å². The second-order valence-corrected chi connectivity index (χ2v) is 3.75. The highest BCUT2D eigenvalue weighted by Crippen LogP contribution is 2.28. The number of anilines is 2. The van der Waals surface area contributed by atoms with E-state index in [1.165, 1.54) is 0 Å². The number of fused-ring (bicyclic) bond motifs is 1. The Bertz CT molecular complexity index is 614. The molecule has 0 aliphatic carbocycles. The molecule has 96 valence electrons. The summed E-state index contributed by atoms with van der Waals surface area (Å²) in [4.78, 5) is 11.3. The Balaban J connectivity index is 2.30. The van der Waals surface area contributed by atoms with Gasteiger partial charge in [0.25, 0.3) is 0 Å². The molecule has 0 saturated carbocycles.